The van der Waals surface area contributed by atoms with Crippen molar-refractivity contribution in [1.82, 2.24) is 0 Å². The number of carbonyl (C=O) groups is 2. The Morgan fingerprint density at radius 3 is 1.31 bits per heavy atom. The Bertz CT molecular complexity index is 603. The molecule has 5 heteroatoms. The molecule has 0 aromatic heterocycles. The number of carbonyl (C=O) groups excluding carboxylic acids is 2. The Morgan fingerprint density at radius 2 is 0.881 bits per heavy atom. The molecule has 0 spiro atoms. The molecule has 1 atom stereocenters. The van der Waals surface area contributed by atoms with Crippen LogP contribution in [-0.2, 0) is 19.1 Å². The third-order valence-electron chi connectivity index (χ3n) is 8.06. The summed E-state index contributed by atoms with van der Waals surface area (Å²) >= 11 is 0. The smallest absolute Gasteiger partial charge is 0.306 e. The number of hydrogen-bond donors (Lipinski definition) is 1. The largest absolute Gasteiger partial charge is 0.462 e. The molecule has 1 unspecified atom stereocenters. The van der Waals surface area contributed by atoms with E-state index in [1.54, 1.807) is 0 Å². The highest BCUT2D eigenvalue weighted by atomic mass is 16.6. The average molecular weight is 595 g/mol. The number of aliphatic hydroxyl groups is 1. The van der Waals surface area contributed by atoms with Crippen molar-refractivity contribution in [1.29, 1.82) is 0 Å². The van der Waals surface area contributed by atoms with E-state index in [0.29, 0.717) is 12.8 Å². The zero-order valence-corrected chi connectivity index (χ0v) is 28.0. The van der Waals surface area contributed by atoms with Gasteiger partial charge in [-0.05, 0) is 38.5 Å². The highest BCUT2D eigenvalue weighted by Crippen LogP contribution is 2.14. The third kappa shape index (κ3) is 31.6. The standard InChI is InChI=1S/C37H70O5/c1-3-5-7-9-11-13-15-17-18-20-22-24-26-28-30-32-37(40)42-35(33-38)34-41-36(39)31-29-27-25-23-21-19-16-14-12-10-8-6-4-2/h13,15,35,38H,3-12,14,16-34H2,1-2H3. The van der Waals surface area contributed by atoms with Gasteiger partial charge in [-0.15, -0.1) is 0 Å². The predicted molar refractivity (Wildman–Crippen MR) is 178 cm³/mol. The molecule has 5 nitrogen and oxygen atoms in total. The van der Waals surface area contributed by atoms with Gasteiger partial charge in [0.1, 0.15) is 6.61 Å². The third-order valence-corrected chi connectivity index (χ3v) is 8.06. The molecule has 0 rings (SSSR count). The Kier molecular flexibility index (Phi) is 33.0. The van der Waals surface area contributed by atoms with E-state index in [1.807, 2.05) is 0 Å². The number of ether oxygens (including phenoxy) is 2. The van der Waals surface area contributed by atoms with Gasteiger partial charge < -0.3 is 14.6 Å². The maximum atomic E-state index is 12.1. The van der Waals surface area contributed by atoms with E-state index < -0.39 is 6.10 Å². The Balaban J connectivity index is 3.54. The normalized spacial score (nSPS) is 12.2. The van der Waals surface area contributed by atoms with Crippen LogP contribution in [0.5, 0.6) is 0 Å². The molecule has 248 valence electrons. The van der Waals surface area contributed by atoms with E-state index in [9.17, 15) is 14.7 Å². The van der Waals surface area contributed by atoms with Crippen LogP contribution in [0.1, 0.15) is 194 Å². The van der Waals surface area contributed by atoms with E-state index in [-0.39, 0.29) is 25.2 Å². The summed E-state index contributed by atoms with van der Waals surface area (Å²) in [6.45, 7) is 4.12. The fourth-order valence-electron chi connectivity index (χ4n) is 5.25. The molecule has 0 aromatic rings. The number of unbranched alkanes of at least 4 members (excludes halogenated alkanes) is 23. The first-order valence-electron chi connectivity index (χ1n) is 18.2. The van der Waals surface area contributed by atoms with Crippen LogP contribution in [-0.4, -0.2) is 36.4 Å². The highest BCUT2D eigenvalue weighted by Gasteiger charge is 2.16. The summed E-state index contributed by atoms with van der Waals surface area (Å²) in [7, 11) is 0. The summed E-state index contributed by atoms with van der Waals surface area (Å²) in [6, 6.07) is 0. The lowest BCUT2D eigenvalue weighted by Gasteiger charge is -2.15. The monoisotopic (exact) mass is 595 g/mol. The van der Waals surface area contributed by atoms with Crippen LogP contribution in [0.4, 0.5) is 0 Å². The van der Waals surface area contributed by atoms with Gasteiger partial charge >= 0.3 is 11.9 Å². The average Bonchev–Trinajstić information content (AvgIpc) is 2.99. The van der Waals surface area contributed by atoms with Gasteiger partial charge in [-0.3, -0.25) is 9.59 Å². The van der Waals surface area contributed by atoms with Crippen molar-refractivity contribution in [2.24, 2.45) is 0 Å². The minimum absolute atomic E-state index is 0.0619. The number of rotatable bonds is 33. The van der Waals surface area contributed by atoms with Crippen molar-refractivity contribution in [3.63, 3.8) is 0 Å². The van der Waals surface area contributed by atoms with Gasteiger partial charge in [0.05, 0.1) is 6.61 Å². The Morgan fingerprint density at radius 1 is 0.524 bits per heavy atom. The quantitative estimate of drug-likeness (QED) is 0.0465. The fraction of sp³-hybridized carbons (Fsp3) is 0.892. The van der Waals surface area contributed by atoms with Crippen molar-refractivity contribution < 1.29 is 24.2 Å². The van der Waals surface area contributed by atoms with Crippen molar-refractivity contribution >= 4 is 11.9 Å². The van der Waals surface area contributed by atoms with E-state index in [0.717, 1.165) is 38.5 Å². The van der Waals surface area contributed by atoms with Crippen molar-refractivity contribution in [2.45, 2.75) is 200 Å². The van der Waals surface area contributed by atoms with E-state index in [2.05, 4.69) is 26.0 Å². The zero-order chi connectivity index (χ0) is 30.8. The molecular formula is C37H70O5. The van der Waals surface area contributed by atoms with Gasteiger partial charge in [-0.2, -0.15) is 0 Å². The van der Waals surface area contributed by atoms with Crippen LogP contribution >= 0.6 is 0 Å². The van der Waals surface area contributed by atoms with Crippen molar-refractivity contribution in [3.05, 3.63) is 12.2 Å². The molecule has 42 heavy (non-hydrogen) atoms. The van der Waals surface area contributed by atoms with Gasteiger partial charge in [-0.25, -0.2) is 0 Å². The zero-order valence-electron chi connectivity index (χ0n) is 28.0. The Hall–Kier alpha value is -1.36. The van der Waals surface area contributed by atoms with E-state index in [1.165, 1.54) is 128 Å². The lowest BCUT2D eigenvalue weighted by atomic mass is 10.0. The summed E-state index contributed by atoms with van der Waals surface area (Å²) in [5.74, 6) is -0.589. The van der Waals surface area contributed by atoms with Crippen LogP contribution in [0.15, 0.2) is 12.2 Å². The second-order valence-corrected chi connectivity index (χ2v) is 12.3. The minimum Gasteiger partial charge on any atom is -0.462 e. The van der Waals surface area contributed by atoms with Crippen molar-refractivity contribution in [2.75, 3.05) is 13.2 Å². The van der Waals surface area contributed by atoms with Gasteiger partial charge in [0.2, 0.25) is 0 Å². The van der Waals surface area contributed by atoms with Gasteiger partial charge in [0.25, 0.3) is 0 Å². The van der Waals surface area contributed by atoms with Crippen molar-refractivity contribution in [3.8, 4) is 0 Å². The molecule has 0 fully saturated rings. The molecule has 0 bridgehead atoms. The summed E-state index contributed by atoms with van der Waals surface area (Å²) in [4.78, 5) is 24.2. The maximum absolute atomic E-state index is 12.1. The lowest BCUT2D eigenvalue weighted by molar-refractivity contribution is -0.161. The molecule has 0 aliphatic rings. The van der Waals surface area contributed by atoms with Crippen LogP contribution in [0, 0.1) is 0 Å². The molecule has 0 radical (unpaired) electrons. The lowest BCUT2D eigenvalue weighted by Crippen LogP contribution is -2.28. The molecule has 0 aliphatic heterocycles. The molecule has 0 heterocycles. The summed E-state index contributed by atoms with van der Waals surface area (Å²) in [6.07, 6.45) is 36.9. The molecule has 0 aromatic carbocycles. The first-order chi connectivity index (χ1) is 20.6. The van der Waals surface area contributed by atoms with Gasteiger partial charge in [-0.1, -0.05) is 154 Å². The molecule has 0 aliphatic carbocycles. The summed E-state index contributed by atoms with van der Waals surface area (Å²) in [5, 5.41) is 9.52. The highest BCUT2D eigenvalue weighted by molar-refractivity contribution is 5.70. The van der Waals surface area contributed by atoms with Crippen LogP contribution in [0.2, 0.25) is 0 Å². The molecular weight excluding hydrogens is 524 g/mol. The molecule has 0 saturated heterocycles. The second kappa shape index (κ2) is 34.1. The van der Waals surface area contributed by atoms with E-state index >= 15 is 0 Å². The van der Waals surface area contributed by atoms with Gasteiger partial charge in [0, 0.05) is 12.8 Å². The predicted octanol–water partition coefficient (Wildman–Crippen LogP) is 11.0. The number of hydrogen-bond acceptors (Lipinski definition) is 5. The molecule has 0 amide bonds. The topological polar surface area (TPSA) is 72.8 Å². The minimum atomic E-state index is -0.765. The number of aliphatic hydroxyl groups excluding tert-OH is 1. The van der Waals surface area contributed by atoms with Crippen LogP contribution in [0.3, 0.4) is 0 Å². The molecule has 1 N–H and O–H groups in total. The van der Waals surface area contributed by atoms with Crippen LogP contribution in [0.25, 0.3) is 0 Å². The fourth-order valence-corrected chi connectivity index (χ4v) is 5.25. The maximum Gasteiger partial charge on any atom is 0.306 e. The van der Waals surface area contributed by atoms with Gasteiger partial charge in [0.15, 0.2) is 6.10 Å². The van der Waals surface area contributed by atoms with Crippen LogP contribution < -0.4 is 0 Å². The number of esters is 2. The Labute approximate surface area is 261 Å². The number of allylic oxidation sites excluding steroid dienone is 2. The summed E-state index contributed by atoms with van der Waals surface area (Å²) < 4.78 is 10.6. The SMILES string of the molecule is CCCCCCC=CCCCCCCCCCC(=O)OC(CO)COC(=O)CCCCCCCCCCCCCCC. The first kappa shape index (κ1) is 40.6. The second-order valence-electron chi connectivity index (χ2n) is 12.3. The first-order valence-corrected chi connectivity index (χ1v) is 18.2. The van der Waals surface area contributed by atoms with E-state index in [4.69, 9.17) is 9.47 Å². The molecule has 0 saturated carbocycles. The summed E-state index contributed by atoms with van der Waals surface area (Å²) in [5.41, 5.74) is 0.